The number of nitrogens with one attached hydrogen (secondary N) is 3. The van der Waals surface area contributed by atoms with Crippen LogP contribution in [-0.2, 0) is 4.79 Å². The lowest BCUT2D eigenvalue weighted by Crippen LogP contribution is -2.37. The zero-order valence-electron chi connectivity index (χ0n) is 11.5. The van der Waals surface area contributed by atoms with Gasteiger partial charge in [-0.05, 0) is 25.5 Å². The van der Waals surface area contributed by atoms with Crippen molar-refractivity contribution in [3.63, 3.8) is 0 Å². The predicted molar refractivity (Wildman–Crippen MR) is 74.0 cm³/mol. The third-order valence-corrected chi connectivity index (χ3v) is 2.55. The van der Waals surface area contributed by atoms with Crippen molar-refractivity contribution in [2.45, 2.75) is 26.3 Å². The van der Waals surface area contributed by atoms with Crippen molar-refractivity contribution in [3.8, 4) is 0 Å². The highest BCUT2D eigenvalue weighted by atomic mass is 16.2. The van der Waals surface area contributed by atoms with Gasteiger partial charge in [0, 0.05) is 25.5 Å². The van der Waals surface area contributed by atoms with Crippen LogP contribution in [0.1, 0.15) is 30.8 Å². The van der Waals surface area contributed by atoms with E-state index in [4.69, 9.17) is 0 Å². The Morgan fingerprint density at radius 1 is 1.42 bits per heavy atom. The molecule has 0 aliphatic rings. The van der Waals surface area contributed by atoms with Crippen molar-refractivity contribution in [1.29, 1.82) is 0 Å². The monoisotopic (exact) mass is 264 g/mol. The zero-order valence-corrected chi connectivity index (χ0v) is 11.5. The molecule has 0 spiro atoms. The molecule has 2 amide bonds. The molecule has 1 rings (SSSR count). The molecule has 1 unspecified atom stereocenters. The van der Waals surface area contributed by atoms with Crippen molar-refractivity contribution in [3.05, 3.63) is 24.0 Å². The molecular formula is C13H20N4O2. The van der Waals surface area contributed by atoms with Gasteiger partial charge < -0.3 is 16.0 Å². The van der Waals surface area contributed by atoms with Gasteiger partial charge in [0.2, 0.25) is 5.91 Å². The Bertz CT molecular complexity index is 448. The maximum Gasteiger partial charge on any atom is 0.269 e. The number of aromatic nitrogens is 1. The van der Waals surface area contributed by atoms with Crippen molar-refractivity contribution in [2.75, 3.05) is 18.9 Å². The summed E-state index contributed by atoms with van der Waals surface area (Å²) in [7, 11) is 1.55. The number of anilines is 1. The van der Waals surface area contributed by atoms with Crippen molar-refractivity contribution < 1.29 is 9.59 Å². The number of rotatable bonds is 6. The molecule has 0 saturated carbocycles. The topological polar surface area (TPSA) is 83.1 Å². The van der Waals surface area contributed by atoms with Gasteiger partial charge >= 0.3 is 0 Å². The fourth-order valence-electron chi connectivity index (χ4n) is 1.49. The van der Waals surface area contributed by atoms with Crippen molar-refractivity contribution in [2.24, 2.45) is 0 Å². The van der Waals surface area contributed by atoms with Crippen LogP contribution < -0.4 is 16.0 Å². The molecule has 1 atom stereocenters. The number of hydrogen-bond donors (Lipinski definition) is 3. The average Bonchev–Trinajstić information content (AvgIpc) is 2.44. The fourth-order valence-corrected chi connectivity index (χ4v) is 1.49. The van der Waals surface area contributed by atoms with E-state index in [9.17, 15) is 9.59 Å². The summed E-state index contributed by atoms with van der Waals surface area (Å²) >= 11 is 0. The van der Waals surface area contributed by atoms with E-state index < -0.39 is 0 Å². The molecule has 0 bridgehead atoms. The quantitative estimate of drug-likeness (QED) is 0.708. The first-order valence-corrected chi connectivity index (χ1v) is 6.30. The lowest BCUT2D eigenvalue weighted by Gasteiger charge is -2.15. The Morgan fingerprint density at radius 2 is 2.16 bits per heavy atom. The van der Waals surface area contributed by atoms with E-state index in [0.717, 1.165) is 6.42 Å². The van der Waals surface area contributed by atoms with Crippen LogP contribution in [0.5, 0.6) is 0 Å². The summed E-state index contributed by atoms with van der Waals surface area (Å²) in [5, 5.41) is 8.35. The third kappa shape index (κ3) is 4.57. The number of carbonyl (C=O) groups is 2. The van der Waals surface area contributed by atoms with Crippen LogP contribution in [0.2, 0.25) is 0 Å². The second-order valence-electron chi connectivity index (χ2n) is 4.17. The molecule has 0 radical (unpaired) electrons. The lowest BCUT2D eigenvalue weighted by atomic mass is 10.2. The summed E-state index contributed by atoms with van der Waals surface area (Å²) in [6.45, 7) is 4.42. The number of pyridine rings is 1. The maximum absolute atomic E-state index is 11.7. The Hall–Kier alpha value is -2.11. The van der Waals surface area contributed by atoms with Crippen molar-refractivity contribution >= 4 is 17.5 Å². The first kappa shape index (κ1) is 14.9. The SMILES string of the molecule is CCCNC(=O)C(C)Nc1ccnc(C(=O)NC)c1. The molecule has 19 heavy (non-hydrogen) atoms. The maximum atomic E-state index is 11.7. The summed E-state index contributed by atoms with van der Waals surface area (Å²) in [6.07, 6.45) is 2.43. The van der Waals surface area contributed by atoms with Crippen LogP contribution in [0.4, 0.5) is 5.69 Å². The van der Waals surface area contributed by atoms with Crippen LogP contribution >= 0.6 is 0 Å². The molecule has 6 nitrogen and oxygen atoms in total. The number of carbonyl (C=O) groups excluding carboxylic acids is 2. The van der Waals surface area contributed by atoms with Crippen LogP contribution in [-0.4, -0.2) is 36.4 Å². The Balaban J connectivity index is 2.66. The van der Waals surface area contributed by atoms with Crippen LogP contribution in [0.25, 0.3) is 0 Å². The molecule has 0 fully saturated rings. The normalized spacial score (nSPS) is 11.5. The highest BCUT2D eigenvalue weighted by Crippen LogP contribution is 2.09. The minimum absolute atomic E-state index is 0.0693. The standard InChI is InChI=1S/C13H20N4O2/c1-4-6-16-12(18)9(2)17-10-5-7-15-11(8-10)13(19)14-3/h5,7-9H,4,6H2,1-3H3,(H,14,19)(H,15,17)(H,16,18). The molecular weight excluding hydrogens is 244 g/mol. The van der Waals surface area contributed by atoms with Gasteiger partial charge in [-0.2, -0.15) is 0 Å². The summed E-state index contributed by atoms with van der Waals surface area (Å²) in [4.78, 5) is 27.1. The number of nitrogens with zero attached hydrogens (tertiary/aromatic N) is 1. The third-order valence-electron chi connectivity index (χ3n) is 2.55. The number of hydrogen-bond acceptors (Lipinski definition) is 4. The first-order chi connectivity index (χ1) is 9.08. The summed E-state index contributed by atoms with van der Waals surface area (Å²) in [5.74, 6) is -0.327. The van der Waals surface area contributed by atoms with Gasteiger partial charge in [0.25, 0.3) is 5.91 Å². The van der Waals surface area contributed by atoms with E-state index in [0.29, 0.717) is 17.9 Å². The largest absolute Gasteiger partial charge is 0.374 e. The highest BCUT2D eigenvalue weighted by molar-refractivity contribution is 5.93. The van der Waals surface area contributed by atoms with E-state index in [1.807, 2.05) is 6.92 Å². The Morgan fingerprint density at radius 3 is 2.79 bits per heavy atom. The molecule has 0 aliphatic heterocycles. The summed E-state index contributed by atoms with van der Waals surface area (Å²) in [5.41, 5.74) is 1.00. The van der Waals surface area contributed by atoms with Gasteiger partial charge in [0.1, 0.15) is 11.7 Å². The van der Waals surface area contributed by atoms with Gasteiger partial charge in [-0.15, -0.1) is 0 Å². The van der Waals surface area contributed by atoms with Gasteiger partial charge in [-0.3, -0.25) is 14.6 Å². The van der Waals surface area contributed by atoms with E-state index >= 15 is 0 Å². The second kappa shape index (κ2) is 7.35. The van der Waals surface area contributed by atoms with E-state index in [1.165, 1.54) is 6.20 Å². The van der Waals surface area contributed by atoms with E-state index in [2.05, 4.69) is 20.9 Å². The number of amides is 2. The molecule has 0 aromatic carbocycles. The average molecular weight is 264 g/mol. The van der Waals surface area contributed by atoms with Crippen LogP contribution in [0.15, 0.2) is 18.3 Å². The highest BCUT2D eigenvalue weighted by Gasteiger charge is 2.12. The Kier molecular flexibility index (Phi) is 5.78. The molecule has 0 aliphatic carbocycles. The molecule has 1 aromatic heterocycles. The van der Waals surface area contributed by atoms with Gasteiger partial charge in [0.05, 0.1) is 0 Å². The molecule has 6 heteroatoms. The molecule has 1 aromatic rings. The first-order valence-electron chi connectivity index (χ1n) is 6.30. The summed E-state index contributed by atoms with van der Waals surface area (Å²) < 4.78 is 0. The smallest absolute Gasteiger partial charge is 0.269 e. The molecule has 104 valence electrons. The molecule has 3 N–H and O–H groups in total. The van der Waals surface area contributed by atoms with E-state index in [1.54, 1.807) is 26.1 Å². The van der Waals surface area contributed by atoms with E-state index in [-0.39, 0.29) is 17.9 Å². The minimum atomic E-state index is -0.369. The van der Waals surface area contributed by atoms with Gasteiger partial charge in [0.15, 0.2) is 0 Å². The fraction of sp³-hybridized carbons (Fsp3) is 0.462. The molecule has 0 saturated heterocycles. The second-order valence-corrected chi connectivity index (χ2v) is 4.17. The lowest BCUT2D eigenvalue weighted by molar-refractivity contribution is -0.121. The zero-order chi connectivity index (χ0) is 14.3. The van der Waals surface area contributed by atoms with Crippen molar-refractivity contribution in [1.82, 2.24) is 15.6 Å². The van der Waals surface area contributed by atoms with Gasteiger partial charge in [-0.1, -0.05) is 6.92 Å². The van der Waals surface area contributed by atoms with Gasteiger partial charge in [-0.25, -0.2) is 0 Å². The molecule has 1 heterocycles. The predicted octanol–water partition coefficient (Wildman–Crippen LogP) is 0.768. The van der Waals surface area contributed by atoms with Crippen LogP contribution in [0.3, 0.4) is 0 Å². The Labute approximate surface area is 113 Å². The minimum Gasteiger partial charge on any atom is -0.374 e. The van der Waals surface area contributed by atoms with Crippen LogP contribution in [0, 0.1) is 0 Å². The summed E-state index contributed by atoms with van der Waals surface area (Å²) in [6, 6.07) is 2.96.